The van der Waals surface area contributed by atoms with Gasteiger partial charge in [-0.15, -0.1) is 0 Å². The Morgan fingerprint density at radius 3 is 2.94 bits per heavy atom. The Morgan fingerprint density at radius 1 is 1.50 bits per heavy atom. The smallest absolute Gasteiger partial charge is 0.0856 e. The van der Waals surface area contributed by atoms with Crippen LogP contribution in [0.4, 0.5) is 11.4 Å². The van der Waals surface area contributed by atoms with Crippen LogP contribution in [-0.4, -0.2) is 25.5 Å². The van der Waals surface area contributed by atoms with E-state index in [4.69, 9.17) is 5.41 Å². The Balaban J connectivity index is 2.58. The molecule has 0 bridgehead atoms. The van der Waals surface area contributed by atoms with Crippen molar-refractivity contribution in [3.05, 3.63) is 36.0 Å². The predicted octanol–water partition coefficient (Wildman–Crippen LogP) is 2.88. The molecule has 0 saturated heterocycles. The van der Waals surface area contributed by atoms with E-state index in [2.05, 4.69) is 22.3 Å². The standard InChI is InChI=1S/C14H20N4/c1-4-17-8-7-12(15)10-18-13-6-5-11(2)9-14(13)16-3/h5-9,15,17-18H,3-4,10H2,1-2H3/b8-7-,15-12?. The molecule has 0 aliphatic carbocycles. The SMILES string of the molecule is C=Nc1cc(C)ccc1NCC(=N)/C=C\NCC. The molecule has 4 heteroatoms. The van der Waals surface area contributed by atoms with Crippen LogP contribution >= 0.6 is 0 Å². The lowest BCUT2D eigenvalue weighted by atomic mass is 10.2. The van der Waals surface area contributed by atoms with Gasteiger partial charge in [-0.1, -0.05) is 6.07 Å². The van der Waals surface area contributed by atoms with Crippen LogP contribution in [0.1, 0.15) is 12.5 Å². The van der Waals surface area contributed by atoms with Crippen molar-refractivity contribution in [2.75, 3.05) is 18.4 Å². The van der Waals surface area contributed by atoms with Crippen LogP contribution < -0.4 is 10.6 Å². The normalized spacial score (nSPS) is 10.3. The molecule has 0 radical (unpaired) electrons. The van der Waals surface area contributed by atoms with E-state index in [-0.39, 0.29) is 0 Å². The van der Waals surface area contributed by atoms with Crippen LogP contribution in [0.25, 0.3) is 0 Å². The highest BCUT2D eigenvalue weighted by Gasteiger charge is 2.00. The van der Waals surface area contributed by atoms with Crippen LogP contribution in [0.2, 0.25) is 0 Å². The Kier molecular flexibility index (Phi) is 5.64. The van der Waals surface area contributed by atoms with Gasteiger partial charge in [-0.05, 0) is 50.5 Å². The van der Waals surface area contributed by atoms with Crippen LogP contribution in [-0.2, 0) is 0 Å². The van der Waals surface area contributed by atoms with Crippen molar-refractivity contribution in [1.82, 2.24) is 5.32 Å². The second kappa shape index (κ2) is 7.27. The van der Waals surface area contributed by atoms with Gasteiger partial charge >= 0.3 is 0 Å². The zero-order chi connectivity index (χ0) is 13.4. The fourth-order valence-electron chi connectivity index (χ4n) is 1.45. The van der Waals surface area contributed by atoms with Gasteiger partial charge in [-0.25, -0.2) is 0 Å². The van der Waals surface area contributed by atoms with E-state index in [0.29, 0.717) is 12.3 Å². The molecule has 0 aliphatic heterocycles. The van der Waals surface area contributed by atoms with Crippen molar-refractivity contribution in [3.8, 4) is 0 Å². The number of nitrogens with zero attached hydrogens (tertiary/aromatic N) is 1. The molecule has 0 saturated carbocycles. The molecule has 1 rings (SSSR count). The van der Waals surface area contributed by atoms with Crippen molar-refractivity contribution in [2.45, 2.75) is 13.8 Å². The molecular formula is C14H20N4. The molecule has 3 N–H and O–H groups in total. The van der Waals surface area contributed by atoms with E-state index in [1.165, 1.54) is 0 Å². The van der Waals surface area contributed by atoms with Gasteiger partial charge in [0.15, 0.2) is 0 Å². The van der Waals surface area contributed by atoms with Crippen molar-refractivity contribution >= 4 is 23.8 Å². The van der Waals surface area contributed by atoms with E-state index in [1.807, 2.05) is 32.0 Å². The lowest BCUT2D eigenvalue weighted by Gasteiger charge is -2.09. The monoisotopic (exact) mass is 244 g/mol. The third-order valence-electron chi connectivity index (χ3n) is 2.40. The molecule has 1 aromatic carbocycles. The summed E-state index contributed by atoms with van der Waals surface area (Å²) in [6.07, 6.45) is 3.53. The molecule has 18 heavy (non-hydrogen) atoms. The van der Waals surface area contributed by atoms with Gasteiger partial charge < -0.3 is 16.0 Å². The maximum absolute atomic E-state index is 7.75. The van der Waals surface area contributed by atoms with Gasteiger partial charge in [0, 0.05) is 6.54 Å². The average molecular weight is 244 g/mol. The fraction of sp³-hybridized carbons (Fsp3) is 0.286. The molecule has 0 aromatic heterocycles. The highest BCUT2D eigenvalue weighted by atomic mass is 14.9. The first-order valence-electron chi connectivity index (χ1n) is 5.96. The minimum absolute atomic E-state index is 0.466. The second-order valence-corrected chi connectivity index (χ2v) is 3.95. The first-order chi connectivity index (χ1) is 8.67. The molecule has 0 spiro atoms. The molecule has 4 nitrogen and oxygen atoms in total. The van der Waals surface area contributed by atoms with Crippen LogP contribution in [0.5, 0.6) is 0 Å². The number of hydrogen-bond donors (Lipinski definition) is 3. The van der Waals surface area contributed by atoms with E-state index in [9.17, 15) is 0 Å². The first-order valence-corrected chi connectivity index (χ1v) is 5.96. The summed E-state index contributed by atoms with van der Waals surface area (Å²) in [4.78, 5) is 3.97. The molecule has 1 aromatic rings. The van der Waals surface area contributed by atoms with Gasteiger partial charge in [0.05, 0.1) is 23.6 Å². The van der Waals surface area contributed by atoms with E-state index in [1.54, 1.807) is 12.3 Å². The van der Waals surface area contributed by atoms with Crippen molar-refractivity contribution < 1.29 is 0 Å². The quantitative estimate of drug-likeness (QED) is 0.646. The number of aliphatic imine (C=N–C) groups is 1. The first kappa shape index (κ1) is 14.0. The van der Waals surface area contributed by atoms with E-state index in [0.717, 1.165) is 23.5 Å². The van der Waals surface area contributed by atoms with Gasteiger partial charge in [0.2, 0.25) is 0 Å². The Bertz CT molecular complexity index is 449. The number of nitrogens with one attached hydrogen (secondary N) is 3. The number of anilines is 1. The minimum atomic E-state index is 0.466. The summed E-state index contributed by atoms with van der Waals surface area (Å²) in [5, 5.41) is 14.0. The molecule has 0 heterocycles. The molecule has 0 unspecified atom stereocenters. The molecule has 0 amide bonds. The Morgan fingerprint density at radius 2 is 2.28 bits per heavy atom. The fourth-order valence-corrected chi connectivity index (χ4v) is 1.45. The summed E-state index contributed by atoms with van der Waals surface area (Å²) in [5.41, 5.74) is 3.37. The summed E-state index contributed by atoms with van der Waals surface area (Å²) in [6.45, 7) is 8.91. The minimum Gasteiger partial charge on any atom is -0.391 e. The number of rotatable bonds is 7. The van der Waals surface area contributed by atoms with Crippen LogP contribution in [0, 0.1) is 12.3 Å². The van der Waals surface area contributed by atoms with Crippen molar-refractivity contribution in [2.24, 2.45) is 4.99 Å². The second-order valence-electron chi connectivity index (χ2n) is 3.95. The third kappa shape index (κ3) is 4.41. The summed E-state index contributed by atoms with van der Waals surface area (Å²) in [7, 11) is 0. The topological polar surface area (TPSA) is 60.3 Å². The van der Waals surface area contributed by atoms with Crippen molar-refractivity contribution in [1.29, 1.82) is 5.41 Å². The number of aryl methyl sites for hydroxylation is 1. The van der Waals surface area contributed by atoms with E-state index < -0.39 is 0 Å². The highest BCUT2D eigenvalue weighted by molar-refractivity contribution is 5.95. The maximum atomic E-state index is 7.75. The lowest BCUT2D eigenvalue weighted by molar-refractivity contribution is 0.920. The zero-order valence-corrected chi connectivity index (χ0v) is 11.0. The molecule has 0 aliphatic rings. The summed E-state index contributed by atoms with van der Waals surface area (Å²) >= 11 is 0. The largest absolute Gasteiger partial charge is 0.391 e. The third-order valence-corrected chi connectivity index (χ3v) is 2.40. The Labute approximate surface area is 108 Å². The highest BCUT2D eigenvalue weighted by Crippen LogP contribution is 2.25. The van der Waals surface area contributed by atoms with Gasteiger partial charge in [-0.2, -0.15) is 0 Å². The predicted molar refractivity (Wildman–Crippen MR) is 79.4 cm³/mol. The van der Waals surface area contributed by atoms with Crippen molar-refractivity contribution in [3.63, 3.8) is 0 Å². The summed E-state index contributed by atoms with van der Waals surface area (Å²) in [5.74, 6) is 0. The zero-order valence-electron chi connectivity index (χ0n) is 11.0. The van der Waals surface area contributed by atoms with Crippen LogP contribution in [0.15, 0.2) is 35.5 Å². The summed E-state index contributed by atoms with van der Waals surface area (Å²) in [6, 6.07) is 5.93. The van der Waals surface area contributed by atoms with Gasteiger partial charge in [0.25, 0.3) is 0 Å². The molecule has 96 valence electrons. The van der Waals surface area contributed by atoms with Gasteiger partial charge in [-0.3, -0.25) is 4.99 Å². The molecular weight excluding hydrogens is 224 g/mol. The molecule has 0 atom stereocenters. The van der Waals surface area contributed by atoms with Crippen LogP contribution in [0.3, 0.4) is 0 Å². The van der Waals surface area contributed by atoms with E-state index >= 15 is 0 Å². The number of hydrogen-bond acceptors (Lipinski definition) is 4. The average Bonchev–Trinajstić information content (AvgIpc) is 2.37. The van der Waals surface area contributed by atoms with Gasteiger partial charge in [0.1, 0.15) is 0 Å². The molecule has 0 fully saturated rings. The maximum Gasteiger partial charge on any atom is 0.0856 e. The summed E-state index contributed by atoms with van der Waals surface area (Å²) < 4.78 is 0. The Hall–Kier alpha value is -2.10. The lowest BCUT2D eigenvalue weighted by Crippen LogP contribution is -2.12. The number of benzene rings is 1.